The third kappa shape index (κ3) is 16.9. The van der Waals surface area contributed by atoms with Gasteiger partial charge >= 0.3 is 5.97 Å². The summed E-state index contributed by atoms with van der Waals surface area (Å²) in [5, 5.41) is 175. The minimum absolute atomic E-state index is 0.0610. The number of guanidine groups is 2. The molecule has 0 spiro atoms. The SMILES string of the molecule is CCCC(=O)OC1C(O)C(CO)OC(OC2C(CO)OC(Oc3ccc(C[C@H](NC(=O)[C@@H](N)C(C)c4ccccc4)C(=O)N[C@H](C(=O)N[C@H](C(=O)N[C@H]([C]=O)CO)C(O)C4CNC(=N)N4C4OC(CO)C(O)C(O)C4O)C(O)C4CNC(=N)N4)cc3)C(O)C2O)C1O. The zero-order valence-electron chi connectivity index (χ0n) is 49.7. The van der Waals surface area contributed by atoms with E-state index in [9.17, 15) is 95.2 Å². The maximum Gasteiger partial charge on any atom is 0.306 e. The maximum atomic E-state index is 14.9. The molecule has 92 heavy (non-hydrogen) atoms. The summed E-state index contributed by atoms with van der Waals surface area (Å²) >= 11 is 0. The van der Waals surface area contributed by atoms with Crippen LogP contribution in [0.1, 0.15) is 43.7 Å². The van der Waals surface area contributed by atoms with Gasteiger partial charge in [-0.3, -0.25) is 39.6 Å². The van der Waals surface area contributed by atoms with Gasteiger partial charge in [0.25, 0.3) is 0 Å². The molecule has 0 aromatic heterocycles. The van der Waals surface area contributed by atoms with Crippen LogP contribution in [0, 0.1) is 10.8 Å². The van der Waals surface area contributed by atoms with E-state index in [1.165, 1.54) is 30.6 Å². The summed E-state index contributed by atoms with van der Waals surface area (Å²) in [6.45, 7) is -1.04. The molecule has 36 nitrogen and oxygen atoms in total. The summed E-state index contributed by atoms with van der Waals surface area (Å²) in [4.78, 5) is 83.1. The van der Waals surface area contributed by atoms with Crippen molar-refractivity contribution in [1.29, 1.82) is 10.8 Å². The highest BCUT2D eigenvalue weighted by Gasteiger charge is 2.55. The number of carbonyl (C=O) groups is 5. The van der Waals surface area contributed by atoms with E-state index in [1.54, 1.807) is 44.2 Å². The molecule has 4 amide bonds. The minimum atomic E-state index is -2.30. The molecular formula is C56H82N11O25. The van der Waals surface area contributed by atoms with Crippen LogP contribution in [-0.4, -0.2) is 305 Å². The van der Waals surface area contributed by atoms with Gasteiger partial charge in [0.05, 0.1) is 44.6 Å². The van der Waals surface area contributed by atoms with Crippen LogP contribution in [0.4, 0.5) is 0 Å². The molecule has 20 unspecified atom stereocenters. The zero-order chi connectivity index (χ0) is 67.4. The van der Waals surface area contributed by atoms with Crippen molar-refractivity contribution in [3.8, 4) is 5.75 Å². The Morgan fingerprint density at radius 2 is 1.32 bits per heavy atom. The molecule has 1 radical (unpaired) electrons. The van der Waals surface area contributed by atoms with Gasteiger partial charge in [-0.2, -0.15) is 0 Å². The van der Waals surface area contributed by atoms with E-state index in [-0.39, 0.29) is 30.2 Å². The number of nitrogens with zero attached hydrogens (tertiary/aromatic N) is 1. The monoisotopic (exact) mass is 1310 g/mol. The van der Waals surface area contributed by atoms with Crippen molar-refractivity contribution in [3.05, 3.63) is 65.7 Å². The summed E-state index contributed by atoms with van der Waals surface area (Å²) in [5.74, 6) is -7.38. The van der Waals surface area contributed by atoms with Crippen molar-refractivity contribution in [2.45, 2.75) is 186 Å². The van der Waals surface area contributed by atoms with Gasteiger partial charge in [0.15, 0.2) is 30.5 Å². The second-order valence-electron chi connectivity index (χ2n) is 22.7. The highest BCUT2D eigenvalue weighted by molar-refractivity contribution is 5.96. The number of aliphatic hydroxyl groups is 13. The van der Waals surface area contributed by atoms with Gasteiger partial charge in [-0.25, -0.2) is 0 Å². The highest BCUT2D eigenvalue weighted by Crippen LogP contribution is 2.33. The Morgan fingerprint density at radius 1 is 0.696 bits per heavy atom. The van der Waals surface area contributed by atoms with Crippen molar-refractivity contribution in [2.75, 3.05) is 39.5 Å². The summed E-state index contributed by atoms with van der Waals surface area (Å²) < 4.78 is 33.9. The lowest BCUT2D eigenvalue weighted by Crippen LogP contribution is -2.69. The molecule has 5 aliphatic heterocycles. The molecule has 2 aromatic carbocycles. The van der Waals surface area contributed by atoms with E-state index in [1.807, 2.05) is 0 Å². The lowest BCUT2D eigenvalue weighted by molar-refractivity contribution is -0.353. The molecule has 5 heterocycles. The molecule has 511 valence electrons. The maximum absolute atomic E-state index is 14.9. The second-order valence-corrected chi connectivity index (χ2v) is 22.7. The first-order valence-electron chi connectivity index (χ1n) is 29.5. The third-order valence-electron chi connectivity index (χ3n) is 16.4. The number of aliphatic hydroxyl groups excluding tert-OH is 13. The molecule has 36 heteroatoms. The van der Waals surface area contributed by atoms with Crippen molar-refractivity contribution >= 4 is 47.8 Å². The van der Waals surface area contributed by atoms with Gasteiger partial charge in [-0.05, 0) is 29.7 Å². The lowest BCUT2D eigenvalue weighted by atomic mass is 9.93. The molecule has 25 atom stereocenters. The molecule has 2 aromatic rings. The van der Waals surface area contributed by atoms with E-state index in [4.69, 9.17) is 45.0 Å². The first-order valence-corrected chi connectivity index (χ1v) is 29.5. The molecule has 7 rings (SSSR count). The first kappa shape index (κ1) is 72.5. The number of benzene rings is 2. The Labute approximate surface area is 525 Å². The van der Waals surface area contributed by atoms with Crippen molar-refractivity contribution in [3.63, 3.8) is 0 Å². The Balaban J connectivity index is 1.14. The molecule has 5 fully saturated rings. The number of nitrogens with two attached hydrogens (primary N) is 1. The van der Waals surface area contributed by atoms with Crippen LogP contribution in [0.25, 0.3) is 0 Å². The second kappa shape index (κ2) is 32.8. The Bertz CT molecular complexity index is 2820. The van der Waals surface area contributed by atoms with Crippen LogP contribution < -0.4 is 47.7 Å². The predicted molar refractivity (Wildman–Crippen MR) is 309 cm³/mol. The van der Waals surface area contributed by atoms with Gasteiger partial charge in [-0.15, -0.1) is 0 Å². The fraction of sp³-hybridized carbons (Fsp3) is 0.643. The standard InChI is InChI=1S/C56H82N11O25/c1-3-7-33(73)91-47-40(77)31(20-71)89-54(45(47)82)92-46-32(21-72)90-53(44(81)42(46)79)87-26-12-10-23(11-13-26)14-27(63-49(84)34(57)22(2)24-8-5-4-6-9-24)48(83)65-35(37(74)28-15-60-55(58)64-28)51(86)66-36(50(85)62-25(17-68)18-69)38(75)29-16-61-56(59)67(29)52-43(80)41(78)39(76)30(19-70)88-52/h4-6,8-13,22,25,27-32,34-47,52-54,68,70-72,74-82H,3,7,14-17,19-21,57H2,1-2H3,(H2,59,61)(H,62,85)(H,63,84)(H,65,83)(H,66,86)(H3,58,60,64)/t22?,25-,27-,28?,29?,30?,31?,32?,34-,35-,36-,37?,38?,39?,40?,41?,42?,43?,44?,45?,46?,47?,52?,53?,54?/m0/s1. The number of hydrogen-bond acceptors (Lipinski definition) is 28. The quantitative estimate of drug-likeness (QED) is 0.0336. The number of esters is 1. The fourth-order valence-electron chi connectivity index (χ4n) is 11.0. The Hall–Kier alpha value is -6.92. The van der Waals surface area contributed by atoms with Gasteiger partial charge in [0.2, 0.25) is 36.2 Å². The molecule has 0 bridgehead atoms. The van der Waals surface area contributed by atoms with E-state index >= 15 is 0 Å². The molecule has 0 saturated carbocycles. The number of ether oxygens (including phenoxy) is 6. The third-order valence-corrected chi connectivity index (χ3v) is 16.4. The molecule has 5 aliphatic rings. The fourth-order valence-corrected chi connectivity index (χ4v) is 11.0. The Morgan fingerprint density at radius 3 is 1.92 bits per heavy atom. The molecule has 5 saturated heterocycles. The number of carbonyl (C=O) groups excluding carboxylic acids is 6. The smallest absolute Gasteiger partial charge is 0.306 e. The summed E-state index contributed by atoms with van der Waals surface area (Å²) in [6.07, 6.45) is -29.8. The van der Waals surface area contributed by atoms with Crippen LogP contribution in [-0.2, 0) is 58.9 Å². The zero-order valence-corrected chi connectivity index (χ0v) is 49.7. The predicted octanol–water partition coefficient (Wildman–Crippen LogP) is -11.0. The number of nitrogens with one attached hydrogen (secondary N) is 9. The molecular weight excluding hydrogens is 1230 g/mol. The highest BCUT2D eigenvalue weighted by atomic mass is 16.7. The van der Waals surface area contributed by atoms with Crippen molar-refractivity contribution < 1.29 is 124 Å². The van der Waals surface area contributed by atoms with E-state index in [2.05, 4.69) is 37.2 Å². The average molecular weight is 1310 g/mol. The normalized spacial score (nSPS) is 32.3. The number of rotatable bonds is 29. The number of amides is 4. The van der Waals surface area contributed by atoms with Gasteiger partial charge in [0, 0.05) is 31.8 Å². The lowest BCUT2D eigenvalue weighted by Gasteiger charge is -2.46. The van der Waals surface area contributed by atoms with E-state index in [0.717, 1.165) is 4.90 Å². The van der Waals surface area contributed by atoms with Gasteiger partial charge in [0.1, 0.15) is 109 Å². The van der Waals surface area contributed by atoms with Crippen LogP contribution in [0.3, 0.4) is 0 Å². The van der Waals surface area contributed by atoms with Crippen molar-refractivity contribution in [2.24, 2.45) is 5.73 Å². The van der Waals surface area contributed by atoms with Crippen LogP contribution >= 0.6 is 0 Å². The van der Waals surface area contributed by atoms with E-state index < -0.39 is 227 Å². The molecule has 24 N–H and O–H groups in total. The molecule has 0 aliphatic carbocycles. The van der Waals surface area contributed by atoms with Gasteiger partial charge < -0.3 is 143 Å². The van der Waals surface area contributed by atoms with Crippen LogP contribution in [0.5, 0.6) is 5.75 Å². The minimum Gasteiger partial charge on any atom is -0.462 e. The number of hydrogen-bond donors (Lipinski definition) is 23. The van der Waals surface area contributed by atoms with Crippen LogP contribution in [0.15, 0.2) is 54.6 Å². The average Bonchev–Trinajstić information content (AvgIpc) is 1.41. The summed E-state index contributed by atoms with van der Waals surface area (Å²) in [5.41, 5.74) is 7.38. The topological polar surface area (TPSA) is 582 Å². The van der Waals surface area contributed by atoms with Gasteiger partial charge in [-0.1, -0.05) is 56.3 Å². The Kier molecular flexibility index (Phi) is 25.8. The van der Waals surface area contributed by atoms with Crippen molar-refractivity contribution in [1.82, 2.24) is 42.1 Å². The van der Waals surface area contributed by atoms with E-state index in [0.29, 0.717) is 12.0 Å². The summed E-state index contributed by atoms with van der Waals surface area (Å²) in [6, 6.07) is 1.78. The van der Waals surface area contributed by atoms with Crippen LogP contribution in [0.2, 0.25) is 0 Å². The summed E-state index contributed by atoms with van der Waals surface area (Å²) in [7, 11) is 0. The largest absolute Gasteiger partial charge is 0.462 e. The first-order chi connectivity index (χ1) is 43.8.